The number of nitrogens with zero attached hydrogens (tertiary/aromatic N) is 2. The summed E-state index contributed by atoms with van der Waals surface area (Å²) in [6.45, 7) is 0. The lowest BCUT2D eigenvalue weighted by Gasteiger charge is -2.06. The topological polar surface area (TPSA) is 66.2 Å². The van der Waals surface area contributed by atoms with Crippen molar-refractivity contribution in [3.05, 3.63) is 36.4 Å². The van der Waals surface area contributed by atoms with Crippen LogP contribution in [-0.2, 0) is 0 Å². The third kappa shape index (κ3) is 1.52. The fraction of sp³-hybridized carbons (Fsp3) is 0. The van der Waals surface area contributed by atoms with E-state index in [0.717, 1.165) is 15.8 Å². The second-order valence-corrected chi connectivity index (χ2v) is 4.38. The molecule has 0 atom stereocenters. The zero-order valence-electron chi connectivity index (χ0n) is 8.66. The quantitative estimate of drug-likeness (QED) is 0.646. The first-order chi connectivity index (χ1) is 8.27. The number of fused-ring (bicyclic) bond motifs is 1. The van der Waals surface area contributed by atoms with E-state index in [1.165, 1.54) is 17.6 Å². The summed E-state index contributed by atoms with van der Waals surface area (Å²) < 4.78 is 4.84. The number of phenolic OH excluding ortho intramolecular Hbond substituents is 2. The molecule has 3 aromatic rings. The molecule has 1 heterocycles. The largest absolute Gasteiger partial charge is 0.504 e. The normalized spacial score (nSPS) is 10.8. The molecule has 0 saturated carbocycles. The number of aromatic hydroxyl groups is 2. The van der Waals surface area contributed by atoms with E-state index >= 15 is 0 Å². The van der Waals surface area contributed by atoms with Crippen LogP contribution in [0.15, 0.2) is 36.4 Å². The molecular weight excluding hydrogens is 236 g/mol. The number of hydrogen-bond acceptors (Lipinski definition) is 5. The summed E-state index contributed by atoms with van der Waals surface area (Å²) in [5.74, 6) is -0.268. The molecule has 84 valence electrons. The van der Waals surface area contributed by atoms with Gasteiger partial charge in [-0.25, -0.2) is 0 Å². The molecule has 0 bridgehead atoms. The van der Waals surface area contributed by atoms with Crippen molar-refractivity contribution in [2.75, 3.05) is 0 Å². The highest BCUT2D eigenvalue weighted by Crippen LogP contribution is 2.38. The van der Waals surface area contributed by atoms with Crippen LogP contribution in [0.3, 0.4) is 0 Å². The number of rotatable bonds is 1. The Hall–Kier alpha value is -2.14. The molecule has 0 radical (unpaired) electrons. The molecule has 1 aromatic heterocycles. The Kier molecular flexibility index (Phi) is 2.19. The van der Waals surface area contributed by atoms with Gasteiger partial charge in [0.2, 0.25) is 0 Å². The maximum atomic E-state index is 9.85. The molecule has 0 aliphatic rings. The Morgan fingerprint density at radius 2 is 1.71 bits per heavy atom. The van der Waals surface area contributed by atoms with E-state index in [-0.39, 0.29) is 11.5 Å². The first-order valence-electron chi connectivity index (χ1n) is 5.00. The summed E-state index contributed by atoms with van der Waals surface area (Å²) in [7, 11) is 0. The number of benzene rings is 2. The molecule has 3 rings (SSSR count). The van der Waals surface area contributed by atoms with Gasteiger partial charge in [0.1, 0.15) is 5.52 Å². The lowest BCUT2D eigenvalue weighted by atomic mass is 10.0. The summed E-state index contributed by atoms with van der Waals surface area (Å²) in [5.41, 5.74) is 2.06. The summed E-state index contributed by atoms with van der Waals surface area (Å²) >= 11 is 1.30. The first kappa shape index (κ1) is 10.0. The molecular formula is C12H8N2O2S. The van der Waals surface area contributed by atoms with Gasteiger partial charge in [0.15, 0.2) is 11.5 Å². The molecule has 0 aliphatic heterocycles. The molecule has 0 saturated heterocycles. The van der Waals surface area contributed by atoms with Crippen molar-refractivity contribution in [2.45, 2.75) is 0 Å². The average molecular weight is 244 g/mol. The SMILES string of the molecule is Oc1cccc(-c2cccc3snnc23)c1O. The van der Waals surface area contributed by atoms with E-state index < -0.39 is 0 Å². The lowest BCUT2D eigenvalue weighted by molar-refractivity contribution is 0.405. The highest BCUT2D eigenvalue weighted by atomic mass is 32.1. The Bertz CT molecular complexity index is 694. The van der Waals surface area contributed by atoms with Crippen molar-refractivity contribution in [1.82, 2.24) is 9.59 Å². The molecule has 2 N–H and O–H groups in total. The summed E-state index contributed by atoms with van der Waals surface area (Å²) in [6, 6.07) is 10.5. The number of para-hydroxylation sites is 1. The maximum Gasteiger partial charge on any atom is 0.165 e. The van der Waals surface area contributed by atoms with Crippen LogP contribution >= 0.6 is 11.5 Å². The van der Waals surface area contributed by atoms with Crippen LogP contribution < -0.4 is 0 Å². The minimum absolute atomic E-state index is 0.131. The molecule has 5 heteroatoms. The summed E-state index contributed by atoms with van der Waals surface area (Å²) in [5, 5.41) is 23.4. The van der Waals surface area contributed by atoms with Gasteiger partial charge in [0, 0.05) is 11.1 Å². The smallest absolute Gasteiger partial charge is 0.165 e. The fourth-order valence-electron chi connectivity index (χ4n) is 1.77. The molecule has 2 aromatic carbocycles. The highest BCUT2D eigenvalue weighted by molar-refractivity contribution is 7.13. The predicted octanol–water partition coefficient (Wildman–Crippen LogP) is 2.77. The zero-order chi connectivity index (χ0) is 11.8. The number of phenols is 2. The van der Waals surface area contributed by atoms with Crippen molar-refractivity contribution in [2.24, 2.45) is 0 Å². The van der Waals surface area contributed by atoms with Gasteiger partial charge in [0.25, 0.3) is 0 Å². The highest BCUT2D eigenvalue weighted by Gasteiger charge is 2.12. The van der Waals surface area contributed by atoms with Crippen LogP contribution in [0.25, 0.3) is 21.3 Å². The van der Waals surface area contributed by atoms with Crippen LogP contribution in [0.1, 0.15) is 0 Å². The van der Waals surface area contributed by atoms with E-state index in [1.54, 1.807) is 12.1 Å². The summed E-state index contributed by atoms with van der Waals surface area (Å²) in [6.07, 6.45) is 0. The van der Waals surface area contributed by atoms with E-state index in [0.29, 0.717) is 5.56 Å². The molecule has 0 aliphatic carbocycles. The third-order valence-electron chi connectivity index (χ3n) is 2.58. The second-order valence-electron chi connectivity index (χ2n) is 3.60. The fourth-order valence-corrected chi connectivity index (χ4v) is 2.36. The van der Waals surface area contributed by atoms with E-state index in [9.17, 15) is 10.2 Å². The van der Waals surface area contributed by atoms with E-state index in [1.807, 2.05) is 18.2 Å². The van der Waals surface area contributed by atoms with Gasteiger partial charge in [0.05, 0.1) is 4.70 Å². The Labute approximate surface area is 101 Å². The molecule has 17 heavy (non-hydrogen) atoms. The van der Waals surface area contributed by atoms with Crippen LogP contribution in [-0.4, -0.2) is 19.8 Å². The Balaban J connectivity index is 2.34. The van der Waals surface area contributed by atoms with Crippen molar-refractivity contribution in [3.63, 3.8) is 0 Å². The minimum atomic E-state index is -0.136. The maximum absolute atomic E-state index is 9.85. The second kappa shape index (κ2) is 3.71. The zero-order valence-corrected chi connectivity index (χ0v) is 9.48. The van der Waals surface area contributed by atoms with Gasteiger partial charge < -0.3 is 10.2 Å². The number of hydrogen-bond donors (Lipinski definition) is 2. The third-order valence-corrected chi connectivity index (χ3v) is 3.27. The van der Waals surface area contributed by atoms with E-state index in [4.69, 9.17) is 0 Å². The standard InChI is InChI=1S/C12H8N2O2S/c15-9-5-1-4-8(12(9)16)7-3-2-6-10-11(7)13-14-17-10/h1-6,15-16H. The molecule has 4 nitrogen and oxygen atoms in total. The Morgan fingerprint density at radius 1 is 0.941 bits per heavy atom. The van der Waals surface area contributed by atoms with Crippen LogP contribution in [0.4, 0.5) is 0 Å². The number of aromatic nitrogens is 2. The van der Waals surface area contributed by atoms with Crippen molar-refractivity contribution in [1.29, 1.82) is 0 Å². The molecule has 0 unspecified atom stereocenters. The lowest BCUT2D eigenvalue weighted by Crippen LogP contribution is -1.82. The van der Waals surface area contributed by atoms with Crippen molar-refractivity contribution in [3.8, 4) is 22.6 Å². The van der Waals surface area contributed by atoms with Gasteiger partial charge in [-0.15, -0.1) is 5.10 Å². The van der Waals surface area contributed by atoms with Gasteiger partial charge in [-0.05, 0) is 23.7 Å². The van der Waals surface area contributed by atoms with Crippen LogP contribution in [0.5, 0.6) is 11.5 Å². The van der Waals surface area contributed by atoms with Gasteiger partial charge in [-0.3, -0.25) is 0 Å². The molecule has 0 fully saturated rings. The molecule has 0 amide bonds. The van der Waals surface area contributed by atoms with E-state index in [2.05, 4.69) is 9.59 Å². The van der Waals surface area contributed by atoms with Crippen molar-refractivity contribution < 1.29 is 10.2 Å². The van der Waals surface area contributed by atoms with Gasteiger partial charge in [-0.2, -0.15) is 0 Å². The van der Waals surface area contributed by atoms with Crippen molar-refractivity contribution >= 4 is 21.7 Å². The summed E-state index contributed by atoms with van der Waals surface area (Å²) in [4.78, 5) is 0. The molecule has 0 spiro atoms. The predicted molar refractivity (Wildman–Crippen MR) is 66.2 cm³/mol. The van der Waals surface area contributed by atoms with Gasteiger partial charge >= 0.3 is 0 Å². The minimum Gasteiger partial charge on any atom is -0.504 e. The van der Waals surface area contributed by atoms with Crippen LogP contribution in [0.2, 0.25) is 0 Å². The van der Waals surface area contributed by atoms with Gasteiger partial charge in [-0.1, -0.05) is 28.8 Å². The Morgan fingerprint density at radius 3 is 2.59 bits per heavy atom. The van der Waals surface area contributed by atoms with Crippen LogP contribution in [0, 0.1) is 0 Å². The average Bonchev–Trinajstić information content (AvgIpc) is 2.81. The first-order valence-corrected chi connectivity index (χ1v) is 5.77. The monoisotopic (exact) mass is 244 g/mol.